The van der Waals surface area contributed by atoms with Crippen LogP contribution in [-0.2, 0) is 37.1 Å². The van der Waals surface area contributed by atoms with Crippen LogP contribution in [0.1, 0.15) is 70.1 Å². The first kappa shape index (κ1) is 23.4. The molecule has 0 bridgehead atoms. The molecule has 0 spiro atoms. The Balaban J connectivity index is 0.00000242. The first-order chi connectivity index (χ1) is 10.3. The average molecular weight is 525 g/mol. The van der Waals surface area contributed by atoms with Gasteiger partial charge in [-0.25, -0.2) is 0 Å². The van der Waals surface area contributed by atoms with E-state index in [0.717, 1.165) is 18.4 Å². The summed E-state index contributed by atoms with van der Waals surface area (Å²) in [5.41, 5.74) is 1.10. The maximum absolute atomic E-state index is 6.11. The summed E-state index contributed by atoms with van der Waals surface area (Å²) in [6.45, 7) is 6.35. The van der Waals surface area contributed by atoms with E-state index in [2.05, 4.69) is 26.0 Å². The van der Waals surface area contributed by atoms with Crippen molar-refractivity contribution >= 4 is 0 Å². The van der Waals surface area contributed by atoms with Crippen LogP contribution in [0.15, 0.2) is 30.3 Å². The third-order valence-electron chi connectivity index (χ3n) is 4.11. The number of rotatable bonds is 8. The monoisotopic (exact) mass is 526 g/mol. The van der Waals surface area contributed by atoms with Gasteiger partial charge in [-0.2, -0.15) is 0 Å². The zero-order valence-corrected chi connectivity index (χ0v) is 20.6. The number of hydrogen-bond acceptors (Lipinski definition) is 2. The molecule has 1 saturated heterocycles. The van der Waals surface area contributed by atoms with Crippen molar-refractivity contribution in [3.63, 3.8) is 0 Å². The molecule has 0 saturated carbocycles. The normalized spacial score (nSPS) is 23.7. The molecule has 0 N–H and O–H groups in total. The summed E-state index contributed by atoms with van der Waals surface area (Å²) in [5, 5.41) is 0. The molecule has 1 heterocycles. The molecule has 126 valence electrons. The molecule has 0 aliphatic carbocycles. The second-order valence-electron chi connectivity index (χ2n) is 6.05. The van der Waals surface area contributed by atoms with Crippen molar-refractivity contribution < 1.29 is 49.5 Å². The predicted octanol–water partition coefficient (Wildman–Crippen LogP) is 2.45. The Kier molecular flexibility index (Phi) is 13.8. The average Bonchev–Trinajstić information content (AvgIpc) is 2.51. The summed E-state index contributed by atoms with van der Waals surface area (Å²) in [7, 11) is 0. The van der Waals surface area contributed by atoms with Crippen molar-refractivity contribution in [2.45, 2.75) is 76.8 Å². The SMILES string of the molecule is [CH2][C@@H]1C[C@H](CCCCCCCC)O[C@H](c2ccccc2)O1.[Cl-].[Hg+]. The minimum absolute atomic E-state index is 0. The number of halogens is 1. The fraction of sp³-hybridized carbons (Fsp3) is 0.632. The zero-order chi connectivity index (χ0) is 14.9. The number of ether oxygens (including phenoxy) is 2. The molecule has 1 aliphatic rings. The fourth-order valence-electron chi connectivity index (χ4n) is 2.89. The quantitative estimate of drug-likeness (QED) is 0.384. The maximum atomic E-state index is 6.11. The van der Waals surface area contributed by atoms with Crippen molar-refractivity contribution in [2.75, 3.05) is 0 Å². The van der Waals surface area contributed by atoms with E-state index in [0.29, 0.717) is 0 Å². The van der Waals surface area contributed by atoms with E-state index in [1.807, 2.05) is 18.2 Å². The third-order valence-corrected chi connectivity index (χ3v) is 4.11. The predicted molar refractivity (Wildman–Crippen MR) is 86.9 cm³/mol. The molecule has 1 aromatic rings. The topological polar surface area (TPSA) is 18.5 Å². The summed E-state index contributed by atoms with van der Waals surface area (Å²) >= 11 is 0. The summed E-state index contributed by atoms with van der Waals surface area (Å²) in [4.78, 5) is 0. The molecule has 0 unspecified atom stereocenters. The van der Waals surface area contributed by atoms with E-state index in [4.69, 9.17) is 9.47 Å². The van der Waals surface area contributed by atoms with Crippen molar-refractivity contribution in [1.82, 2.24) is 0 Å². The molecule has 1 fully saturated rings. The molecular weight excluding hydrogens is 496 g/mol. The summed E-state index contributed by atoms with van der Waals surface area (Å²) < 4.78 is 11.9. The first-order valence-electron chi connectivity index (χ1n) is 8.48. The van der Waals surface area contributed by atoms with Gasteiger partial charge in [-0.05, 0) is 13.3 Å². The van der Waals surface area contributed by atoms with Crippen LogP contribution in [0.5, 0.6) is 0 Å². The van der Waals surface area contributed by atoms with Crippen molar-refractivity contribution in [2.24, 2.45) is 0 Å². The van der Waals surface area contributed by atoms with Gasteiger partial charge in [0.1, 0.15) is 0 Å². The van der Waals surface area contributed by atoms with Crippen LogP contribution in [0.2, 0.25) is 0 Å². The molecule has 2 radical (unpaired) electrons. The van der Waals surface area contributed by atoms with Crippen LogP contribution in [0.25, 0.3) is 0 Å². The van der Waals surface area contributed by atoms with Gasteiger partial charge in [0.05, 0.1) is 12.2 Å². The van der Waals surface area contributed by atoms with E-state index < -0.39 is 0 Å². The Morgan fingerprint density at radius 3 is 2.35 bits per heavy atom. The van der Waals surface area contributed by atoms with Crippen LogP contribution in [-0.4, -0.2) is 12.2 Å². The minimum atomic E-state index is -0.243. The maximum Gasteiger partial charge on any atom is 1.00 e. The summed E-state index contributed by atoms with van der Waals surface area (Å²) in [5.74, 6) is 0. The van der Waals surface area contributed by atoms with Gasteiger partial charge in [0.15, 0.2) is 6.29 Å². The second-order valence-corrected chi connectivity index (χ2v) is 6.05. The van der Waals surface area contributed by atoms with Crippen LogP contribution in [0.3, 0.4) is 0 Å². The van der Waals surface area contributed by atoms with Gasteiger partial charge in [0, 0.05) is 12.0 Å². The molecule has 23 heavy (non-hydrogen) atoms. The van der Waals surface area contributed by atoms with Gasteiger partial charge in [-0.3, -0.25) is 0 Å². The second kappa shape index (κ2) is 13.6. The Bertz CT molecular complexity index is 388. The largest absolute Gasteiger partial charge is 1.00 e. The van der Waals surface area contributed by atoms with Gasteiger partial charge in [0.2, 0.25) is 0 Å². The molecule has 3 atom stereocenters. The molecule has 1 aromatic carbocycles. The van der Waals surface area contributed by atoms with Crippen LogP contribution >= 0.6 is 0 Å². The molecule has 0 amide bonds. The molecular formula is C19H29ClHgO2. The number of hydrogen-bond donors (Lipinski definition) is 0. The molecule has 2 nitrogen and oxygen atoms in total. The fourth-order valence-corrected chi connectivity index (χ4v) is 2.89. The summed E-state index contributed by atoms with van der Waals surface area (Å²) in [6.07, 6.45) is 10.1. The summed E-state index contributed by atoms with van der Waals surface area (Å²) in [6, 6.07) is 10.2. The Morgan fingerprint density at radius 2 is 1.65 bits per heavy atom. The van der Waals surface area contributed by atoms with Crippen molar-refractivity contribution in [1.29, 1.82) is 0 Å². The minimum Gasteiger partial charge on any atom is -1.00 e. The van der Waals surface area contributed by atoms with Gasteiger partial charge < -0.3 is 21.9 Å². The third kappa shape index (κ3) is 8.86. The van der Waals surface area contributed by atoms with E-state index in [-0.39, 0.29) is 58.6 Å². The van der Waals surface area contributed by atoms with Gasteiger partial charge >= 0.3 is 27.7 Å². The first-order valence-corrected chi connectivity index (χ1v) is 8.48. The van der Waals surface area contributed by atoms with E-state index in [1.54, 1.807) is 0 Å². The van der Waals surface area contributed by atoms with Crippen molar-refractivity contribution in [3.05, 3.63) is 42.8 Å². The Labute approximate surface area is 168 Å². The zero-order valence-electron chi connectivity index (χ0n) is 14.4. The standard InChI is InChI=1S/C19H29O2.ClH.Hg/c1-3-4-5-6-7-11-14-18-15-16(2)20-19(21-18)17-12-9-8-10-13-17;;/h8-10,12-13,16,18-19H,2-7,11,14-15H2,1H3;1H;/q;;+1/p-1/t16-,18+,19-;;/m1../s1. The van der Waals surface area contributed by atoms with Gasteiger partial charge in [0.25, 0.3) is 0 Å². The van der Waals surface area contributed by atoms with Crippen molar-refractivity contribution in [3.8, 4) is 0 Å². The Hall–Kier alpha value is 0.365. The van der Waals surface area contributed by atoms with Gasteiger partial charge in [-0.1, -0.05) is 75.8 Å². The molecule has 4 heteroatoms. The van der Waals surface area contributed by atoms with Crippen LogP contribution in [0.4, 0.5) is 0 Å². The van der Waals surface area contributed by atoms with Crippen LogP contribution < -0.4 is 12.4 Å². The van der Waals surface area contributed by atoms with Gasteiger partial charge in [-0.15, -0.1) is 0 Å². The van der Waals surface area contributed by atoms with Crippen LogP contribution in [0, 0.1) is 6.92 Å². The number of benzene rings is 1. The molecule has 0 aromatic heterocycles. The van der Waals surface area contributed by atoms with E-state index in [1.165, 1.54) is 38.5 Å². The van der Waals surface area contributed by atoms with E-state index >= 15 is 0 Å². The molecule has 2 rings (SSSR count). The van der Waals surface area contributed by atoms with E-state index in [9.17, 15) is 0 Å². The molecule has 1 aliphatic heterocycles. The number of unbranched alkanes of at least 4 members (excludes halogenated alkanes) is 5. The Morgan fingerprint density at radius 1 is 1.00 bits per heavy atom. The smallest absolute Gasteiger partial charge is 1.00 e.